The minimum atomic E-state index is -0.601. The third-order valence-electron chi connectivity index (χ3n) is 3.50. The smallest absolute Gasteiger partial charge is 0.313 e. The number of amides is 2. The fourth-order valence-corrected chi connectivity index (χ4v) is 2.42. The molecule has 0 aliphatic rings. The predicted molar refractivity (Wildman–Crippen MR) is 90.9 cm³/mol. The molecule has 0 atom stereocenters. The molecule has 0 heterocycles. The van der Waals surface area contributed by atoms with E-state index in [9.17, 15) is 9.59 Å². The van der Waals surface area contributed by atoms with Gasteiger partial charge in [0.1, 0.15) is 0 Å². The van der Waals surface area contributed by atoms with Gasteiger partial charge in [-0.05, 0) is 43.5 Å². The summed E-state index contributed by atoms with van der Waals surface area (Å²) in [4.78, 5) is 23.5. The third kappa shape index (κ3) is 7.25. The molecule has 0 fully saturated rings. The van der Waals surface area contributed by atoms with Crippen LogP contribution in [0.25, 0.3) is 0 Å². The van der Waals surface area contributed by atoms with Crippen molar-refractivity contribution in [3.05, 3.63) is 29.3 Å². The lowest BCUT2D eigenvalue weighted by Crippen LogP contribution is -2.35. The Kier molecular flexibility index (Phi) is 8.26. The number of hydrogen-bond acceptors (Lipinski definition) is 2. The van der Waals surface area contributed by atoms with Gasteiger partial charge < -0.3 is 10.6 Å². The van der Waals surface area contributed by atoms with Crippen LogP contribution >= 0.6 is 0 Å². The molecule has 0 radical (unpaired) electrons. The Morgan fingerprint density at radius 3 is 2.09 bits per heavy atom. The van der Waals surface area contributed by atoms with Gasteiger partial charge in [0.25, 0.3) is 0 Å². The Morgan fingerprint density at radius 1 is 0.864 bits per heavy atom. The zero-order valence-corrected chi connectivity index (χ0v) is 14.0. The lowest BCUT2D eigenvalue weighted by Gasteiger charge is -2.08. The molecule has 0 aliphatic heterocycles. The molecule has 1 aromatic carbocycles. The number of benzene rings is 1. The number of rotatable bonds is 8. The standard InChI is InChI=1S/C18H28N2O2/c1-4-5-6-7-8-9-10-19-17(21)18(22)20-16-12-14(2)11-15(3)13-16/h11-13H,4-10H2,1-3H3,(H,19,21)(H,20,22). The van der Waals surface area contributed by atoms with Crippen LogP contribution in [0.1, 0.15) is 56.6 Å². The van der Waals surface area contributed by atoms with E-state index in [1.54, 1.807) is 0 Å². The van der Waals surface area contributed by atoms with Gasteiger partial charge in [-0.1, -0.05) is 45.1 Å². The van der Waals surface area contributed by atoms with Crippen LogP contribution in [-0.2, 0) is 9.59 Å². The van der Waals surface area contributed by atoms with Crippen LogP contribution in [0.4, 0.5) is 5.69 Å². The van der Waals surface area contributed by atoms with Crippen LogP contribution in [0, 0.1) is 13.8 Å². The molecule has 2 N–H and O–H groups in total. The second kappa shape index (κ2) is 9.98. The molecule has 0 bridgehead atoms. The number of carbonyl (C=O) groups is 2. The second-order valence-corrected chi connectivity index (χ2v) is 5.85. The number of unbranched alkanes of at least 4 members (excludes halogenated alkanes) is 5. The van der Waals surface area contributed by atoms with Crippen molar-refractivity contribution in [1.29, 1.82) is 0 Å². The number of hydrogen-bond donors (Lipinski definition) is 2. The van der Waals surface area contributed by atoms with Gasteiger partial charge in [-0.2, -0.15) is 0 Å². The molecule has 0 aromatic heterocycles. The summed E-state index contributed by atoms with van der Waals surface area (Å²) in [5.74, 6) is -1.16. The van der Waals surface area contributed by atoms with Crippen molar-refractivity contribution < 1.29 is 9.59 Å². The van der Waals surface area contributed by atoms with Crippen molar-refractivity contribution in [3.8, 4) is 0 Å². The second-order valence-electron chi connectivity index (χ2n) is 5.85. The summed E-state index contributed by atoms with van der Waals surface area (Å²) >= 11 is 0. The van der Waals surface area contributed by atoms with Crippen LogP contribution < -0.4 is 10.6 Å². The molecular weight excluding hydrogens is 276 g/mol. The summed E-state index contributed by atoms with van der Waals surface area (Å²) in [5, 5.41) is 5.31. The lowest BCUT2D eigenvalue weighted by atomic mass is 10.1. The average Bonchev–Trinajstić information content (AvgIpc) is 2.45. The van der Waals surface area contributed by atoms with Crippen molar-refractivity contribution in [2.24, 2.45) is 0 Å². The van der Waals surface area contributed by atoms with Crippen LogP contribution in [0.3, 0.4) is 0 Å². The van der Waals surface area contributed by atoms with Gasteiger partial charge in [0.2, 0.25) is 0 Å². The van der Waals surface area contributed by atoms with Gasteiger partial charge >= 0.3 is 11.8 Å². The number of nitrogens with one attached hydrogen (secondary N) is 2. The number of carbonyl (C=O) groups excluding carboxylic acids is 2. The van der Waals surface area contributed by atoms with E-state index >= 15 is 0 Å². The first-order valence-corrected chi connectivity index (χ1v) is 8.20. The summed E-state index contributed by atoms with van der Waals surface area (Å²) in [6.45, 7) is 6.67. The molecule has 2 amide bonds. The van der Waals surface area contributed by atoms with E-state index in [1.807, 2.05) is 32.0 Å². The van der Waals surface area contributed by atoms with Gasteiger partial charge in [-0.25, -0.2) is 0 Å². The molecule has 1 rings (SSSR count). The molecule has 0 saturated carbocycles. The average molecular weight is 304 g/mol. The highest BCUT2D eigenvalue weighted by molar-refractivity contribution is 6.39. The lowest BCUT2D eigenvalue weighted by molar-refractivity contribution is -0.136. The summed E-state index contributed by atoms with van der Waals surface area (Å²) in [5.41, 5.74) is 2.78. The Balaban J connectivity index is 2.26. The summed E-state index contributed by atoms with van der Waals surface area (Å²) < 4.78 is 0. The van der Waals surface area contributed by atoms with E-state index in [0.717, 1.165) is 24.0 Å². The third-order valence-corrected chi connectivity index (χ3v) is 3.50. The maximum Gasteiger partial charge on any atom is 0.313 e. The van der Waals surface area contributed by atoms with Crippen LogP contribution in [0.15, 0.2) is 18.2 Å². The summed E-state index contributed by atoms with van der Waals surface area (Å²) in [6.07, 6.45) is 6.96. The van der Waals surface area contributed by atoms with E-state index < -0.39 is 11.8 Å². The first-order valence-electron chi connectivity index (χ1n) is 8.20. The van der Waals surface area contributed by atoms with Crippen LogP contribution in [-0.4, -0.2) is 18.4 Å². The molecule has 0 spiro atoms. The van der Waals surface area contributed by atoms with Gasteiger partial charge in [-0.3, -0.25) is 9.59 Å². The van der Waals surface area contributed by atoms with Gasteiger partial charge in [0.05, 0.1) is 0 Å². The van der Waals surface area contributed by atoms with E-state index in [-0.39, 0.29) is 0 Å². The molecule has 1 aromatic rings. The highest BCUT2D eigenvalue weighted by Crippen LogP contribution is 2.13. The van der Waals surface area contributed by atoms with Crippen molar-refractivity contribution in [3.63, 3.8) is 0 Å². The topological polar surface area (TPSA) is 58.2 Å². The molecule has 122 valence electrons. The summed E-state index contributed by atoms with van der Waals surface area (Å²) in [7, 11) is 0. The zero-order chi connectivity index (χ0) is 16.4. The SMILES string of the molecule is CCCCCCCCNC(=O)C(=O)Nc1cc(C)cc(C)c1. The van der Waals surface area contributed by atoms with E-state index in [4.69, 9.17) is 0 Å². The molecule has 0 unspecified atom stereocenters. The maximum atomic E-state index is 11.8. The monoisotopic (exact) mass is 304 g/mol. The van der Waals surface area contributed by atoms with E-state index in [2.05, 4.69) is 17.6 Å². The van der Waals surface area contributed by atoms with Crippen LogP contribution in [0.2, 0.25) is 0 Å². The fraction of sp³-hybridized carbons (Fsp3) is 0.556. The zero-order valence-electron chi connectivity index (χ0n) is 14.0. The highest BCUT2D eigenvalue weighted by atomic mass is 16.2. The molecule has 22 heavy (non-hydrogen) atoms. The number of anilines is 1. The molecule has 0 aliphatic carbocycles. The van der Waals surface area contributed by atoms with Gasteiger partial charge in [0.15, 0.2) is 0 Å². The Bertz CT molecular complexity index is 478. The molecule has 4 heteroatoms. The first kappa shape index (κ1) is 18.2. The maximum absolute atomic E-state index is 11.8. The van der Waals surface area contributed by atoms with E-state index in [0.29, 0.717) is 12.2 Å². The summed E-state index contributed by atoms with van der Waals surface area (Å²) in [6, 6.07) is 5.73. The highest BCUT2D eigenvalue weighted by Gasteiger charge is 2.13. The van der Waals surface area contributed by atoms with Crippen molar-refractivity contribution >= 4 is 17.5 Å². The minimum absolute atomic E-state index is 0.561. The first-order chi connectivity index (χ1) is 10.5. The Hall–Kier alpha value is -1.84. The Labute approximate surface area is 133 Å². The predicted octanol–water partition coefficient (Wildman–Crippen LogP) is 3.72. The van der Waals surface area contributed by atoms with Gasteiger partial charge in [0, 0.05) is 12.2 Å². The Morgan fingerprint density at radius 2 is 1.45 bits per heavy atom. The largest absolute Gasteiger partial charge is 0.348 e. The molecule has 0 saturated heterocycles. The molecule has 4 nitrogen and oxygen atoms in total. The number of aryl methyl sites for hydroxylation is 2. The molecular formula is C18H28N2O2. The minimum Gasteiger partial charge on any atom is -0.348 e. The quantitative estimate of drug-likeness (QED) is 0.568. The van der Waals surface area contributed by atoms with Crippen molar-refractivity contribution in [2.45, 2.75) is 59.3 Å². The normalized spacial score (nSPS) is 10.3. The van der Waals surface area contributed by atoms with Crippen LogP contribution in [0.5, 0.6) is 0 Å². The van der Waals surface area contributed by atoms with E-state index in [1.165, 1.54) is 25.7 Å². The van der Waals surface area contributed by atoms with Crippen molar-refractivity contribution in [2.75, 3.05) is 11.9 Å². The fourth-order valence-electron chi connectivity index (χ4n) is 2.42. The van der Waals surface area contributed by atoms with Gasteiger partial charge in [-0.15, -0.1) is 0 Å². The van der Waals surface area contributed by atoms with Crippen molar-refractivity contribution in [1.82, 2.24) is 5.32 Å².